The number of carbonyl (C=O) groups is 1. The van der Waals surface area contributed by atoms with Gasteiger partial charge < -0.3 is 5.73 Å². The van der Waals surface area contributed by atoms with E-state index in [1.807, 2.05) is 47.6 Å². The highest BCUT2D eigenvalue weighted by atomic mass is 35.5. The van der Waals surface area contributed by atoms with Crippen LogP contribution in [0.2, 0.25) is 5.02 Å². The highest BCUT2D eigenvalue weighted by Gasteiger charge is 2.29. The van der Waals surface area contributed by atoms with Gasteiger partial charge in [-0.25, -0.2) is 0 Å². The quantitative estimate of drug-likeness (QED) is 0.644. The molecule has 7 heteroatoms. The summed E-state index contributed by atoms with van der Waals surface area (Å²) < 4.78 is 2.98. The molecule has 0 aliphatic carbocycles. The van der Waals surface area contributed by atoms with E-state index >= 15 is 0 Å². The number of nitrogens with zero attached hydrogens (tertiary/aromatic N) is 4. The second kappa shape index (κ2) is 5.84. The molecule has 0 unspecified atom stereocenters. The maximum absolute atomic E-state index is 12.2. The molecular formula is C19H24ClN5O. The highest BCUT2D eigenvalue weighted by molar-refractivity contribution is 6.34. The van der Waals surface area contributed by atoms with Crippen LogP contribution in [0.3, 0.4) is 0 Å². The molecule has 0 fully saturated rings. The van der Waals surface area contributed by atoms with Crippen molar-refractivity contribution >= 4 is 28.8 Å². The topological polar surface area (TPSA) is 78.2 Å². The fourth-order valence-electron chi connectivity index (χ4n) is 3.30. The van der Waals surface area contributed by atoms with Crippen molar-refractivity contribution in [2.24, 2.45) is 0 Å². The van der Waals surface area contributed by atoms with Crippen molar-refractivity contribution in [2.45, 2.75) is 53.9 Å². The van der Waals surface area contributed by atoms with Crippen LogP contribution in [-0.2, 0) is 5.41 Å². The second-order valence-corrected chi connectivity index (χ2v) is 8.20. The van der Waals surface area contributed by atoms with E-state index in [-0.39, 0.29) is 11.3 Å². The summed E-state index contributed by atoms with van der Waals surface area (Å²) in [4.78, 5) is 12.2. The minimum atomic E-state index is -0.265. The number of hydrogen-bond acceptors (Lipinski definition) is 4. The Morgan fingerprint density at radius 2 is 1.77 bits per heavy atom. The number of hydrogen-bond donors (Lipinski definition) is 1. The Balaban J connectivity index is 2.46. The molecule has 3 rings (SSSR count). The molecule has 0 spiro atoms. The lowest BCUT2D eigenvalue weighted by Crippen LogP contribution is -2.14. The fraction of sp³-hybridized carbons (Fsp3) is 0.421. The molecule has 3 aromatic rings. The largest absolute Gasteiger partial charge is 0.398 e. The molecule has 0 atom stereocenters. The smallest absolute Gasteiger partial charge is 0.245 e. The van der Waals surface area contributed by atoms with E-state index in [1.165, 1.54) is 11.6 Å². The van der Waals surface area contributed by atoms with Gasteiger partial charge in [-0.15, -0.1) is 5.10 Å². The van der Waals surface area contributed by atoms with Gasteiger partial charge in [0.15, 0.2) is 11.5 Å². The van der Waals surface area contributed by atoms with Crippen molar-refractivity contribution in [2.75, 3.05) is 5.73 Å². The molecule has 2 aromatic heterocycles. The van der Waals surface area contributed by atoms with Crippen molar-refractivity contribution in [1.29, 1.82) is 0 Å². The van der Waals surface area contributed by atoms with Crippen LogP contribution in [0.15, 0.2) is 6.07 Å². The number of halogens is 1. The number of aryl methyl sites for hydroxylation is 2. The molecule has 0 saturated carbocycles. The maximum atomic E-state index is 12.2. The third-order valence-corrected chi connectivity index (χ3v) is 5.01. The Kier molecular flexibility index (Phi) is 4.15. The lowest BCUT2D eigenvalue weighted by atomic mass is 9.92. The first-order valence-corrected chi connectivity index (χ1v) is 8.88. The summed E-state index contributed by atoms with van der Waals surface area (Å²) in [5.74, 6) is 0.341. The first-order chi connectivity index (χ1) is 11.9. The minimum Gasteiger partial charge on any atom is -0.398 e. The SMILES string of the molecule is CC(=O)n1nc(-c2c(C)cc(C)c(N)c2C)n2nc(C(C)(C)C)c(Cl)c12. The van der Waals surface area contributed by atoms with Gasteiger partial charge >= 0.3 is 0 Å². The van der Waals surface area contributed by atoms with E-state index in [2.05, 4.69) is 5.10 Å². The summed E-state index contributed by atoms with van der Waals surface area (Å²) >= 11 is 6.61. The zero-order valence-electron chi connectivity index (χ0n) is 16.2. The molecule has 0 bridgehead atoms. The van der Waals surface area contributed by atoms with E-state index in [0.717, 1.165) is 27.9 Å². The zero-order chi connectivity index (χ0) is 19.5. The molecular weight excluding hydrogens is 350 g/mol. The van der Waals surface area contributed by atoms with Crippen molar-refractivity contribution in [3.05, 3.63) is 33.5 Å². The Bertz CT molecular complexity index is 1050. The normalized spacial score (nSPS) is 12.2. The van der Waals surface area contributed by atoms with E-state index in [4.69, 9.17) is 22.4 Å². The molecule has 0 saturated heterocycles. The maximum Gasteiger partial charge on any atom is 0.245 e. The third-order valence-electron chi connectivity index (χ3n) is 4.66. The monoisotopic (exact) mass is 373 g/mol. The van der Waals surface area contributed by atoms with E-state index in [9.17, 15) is 4.79 Å². The van der Waals surface area contributed by atoms with Crippen LogP contribution >= 0.6 is 11.6 Å². The van der Waals surface area contributed by atoms with Gasteiger partial charge in [0.2, 0.25) is 5.91 Å². The number of benzene rings is 1. The minimum absolute atomic E-state index is 0.223. The summed E-state index contributed by atoms with van der Waals surface area (Å²) in [6.07, 6.45) is 0. The van der Waals surface area contributed by atoms with Crippen LogP contribution < -0.4 is 5.73 Å². The standard InChI is InChI=1S/C19H24ClN5O/c1-9-8-10(2)15(21)11(3)13(9)17-23-24(12(4)26)18-14(20)16(19(5,6)7)22-25(17)18/h8H,21H2,1-7H3. The van der Waals surface area contributed by atoms with Gasteiger partial charge in [0.25, 0.3) is 0 Å². The molecule has 0 aliphatic heterocycles. The number of anilines is 1. The molecule has 6 nitrogen and oxygen atoms in total. The second-order valence-electron chi connectivity index (χ2n) is 7.83. The van der Waals surface area contributed by atoms with Crippen molar-refractivity contribution < 1.29 is 4.79 Å². The molecule has 2 N–H and O–H groups in total. The number of aromatic nitrogens is 4. The molecule has 0 amide bonds. The summed E-state index contributed by atoms with van der Waals surface area (Å²) in [7, 11) is 0. The Morgan fingerprint density at radius 3 is 2.31 bits per heavy atom. The zero-order valence-corrected chi connectivity index (χ0v) is 17.0. The number of carbonyl (C=O) groups excluding carboxylic acids is 1. The Hall–Kier alpha value is -2.34. The average molecular weight is 374 g/mol. The highest BCUT2D eigenvalue weighted by Crippen LogP contribution is 2.37. The van der Waals surface area contributed by atoms with Gasteiger partial charge in [-0.2, -0.15) is 14.3 Å². The number of nitrogen functional groups attached to an aromatic ring is 1. The molecule has 26 heavy (non-hydrogen) atoms. The summed E-state index contributed by atoms with van der Waals surface area (Å²) in [5.41, 5.74) is 11.7. The van der Waals surface area contributed by atoms with E-state index < -0.39 is 0 Å². The van der Waals surface area contributed by atoms with Crippen LogP contribution in [0, 0.1) is 20.8 Å². The van der Waals surface area contributed by atoms with Crippen molar-refractivity contribution in [1.82, 2.24) is 19.4 Å². The Labute approximate surface area is 157 Å². The van der Waals surface area contributed by atoms with Gasteiger partial charge in [0.05, 0.1) is 5.69 Å². The molecule has 138 valence electrons. The van der Waals surface area contributed by atoms with Crippen LogP contribution in [0.25, 0.3) is 17.0 Å². The lowest BCUT2D eigenvalue weighted by molar-refractivity contribution is 0.0926. The van der Waals surface area contributed by atoms with Gasteiger partial charge in [0.1, 0.15) is 5.02 Å². The van der Waals surface area contributed by atoms with E-state index in [1.54, 1.807) is 4.52 Å². The van der Waals surface area contributed by atoms with Gasteiger partial charge in [0, 0.05) is 23.6 Å². The Morgan fingerprint density at radius 1 is 1.15 bits per heavy atom. The molecule has 1 aromatic carbocycles. The van der Waals surface area contributed by atoms with Crippen molar-refractivity contribution in [3.63, 3.8) is 0 Å². The van der Waals surface area contributed by atoms with Crippen LogP contribution in [0.4, 0.5) is 5.69 Å². The summed E-state index contributed by atoms with van der Waals surface area (Å²) in [5, 5.41) is 9.67. The summed E-state index contributed by atoms with van der Waals surface area (Å²) in [6, 6.07) is 2.02. The summed E-state index contributed by atoms with van der Waals surface area (Å²) in [6.45, 7) is 13.5. The molecule has 2 heterocycles. The van der Waals surface area contributed by atoms with Gasteiger partial charge in [-0.05, 0) is 37.5 Å². The van der Waals surface area contributed by atoms with E-state index in [0.29, 0.717) is 22.2 Å². The average Bonchev–Trinajstić information content (AvgIpc) is 3.04. The van der Waals surface area contributed by atoms with Crippen LogP contribution in [-0.4, -0.2) is 25.3 Å². The van der Waals surface area contributed by atoms with Gasteiger partial charge in [-0.3, -0.25) is 4.79 Å². The number of nitrogens with two attached hydrogens (primary N) is 1. The van der Waals surface area contributed by atoms with Gasteiger partial charge in [-0.1, -0.05) is 38.4 Å². The predicted octanol–water partition coefficient (Wildman–Crippen LogP) is 4.32. The van der Waals surface area contributed by atoms with Crippen LogP contribution in [0.1, 0.15) is 54.9 Å². The predicted molar refractivity (Wildman–Crippen MR) is 105 cm³/mol. The first kappa shape index (κ1) is 18.5. The molecule has 0 aliphatic rings. The first-order valence-electron chi connectivity index (χ1n) is 8.50. The van der Waals surface area contributed by atoms with Crippen LogP contribution in [0.5, 0.6) is 0 Å². The number of rotatable bonds is 1. The van der Waals surface area contributed by atoms with Crippen molar-refractivity contribution in [3.8, 4) is 11.4 Å². The molecule has 0 radical (unpaired) electrons. The lowest BCUT2D eigenvalue weighted by Gasteiger charge is -2.15. The third kappa shape index (κ3) is 2.60. The number of fused-ring (bicyclic) bond motifs is 1. The fourth-order valence-corrected chi connectivity index (χ4v) is 3.79.